The topological polar surface area (TPSA) is 102 Å². The molecule has 5 heteroatoms. The van der Waals surface area contributed by atoms with Crippen molar-refractivity contribution in [3.8, 4) is 0 Å². The number of nitrogens with zero attached hydrogens (tertiary/aromatic N) is 1. The lowest BCUT2D eigenvalue weighted by Crippen LogP contribution is -2.24. The van der Waals surface area contributed by atoms with Gasteiger partial charge in [0.15, 0.2) is 5.96 Å². The number of nitrogens with two attached hydrogens (primary N) is 2. The molecule has 5 nitrogen and oxygen atoms in total. The molecule has 0 rings (SSSR count). The van der Waals surface area contributed by atoms with E-state index in [1.54, 1.807) is 0 Å². The van der Waals surface area contributed by atoms with Gasteiger partial charge < -0.3 is 16.6 Å². The highest BCUT2D eigenvalue weighted by Crippen LogP contribution is 2.03. The van der Waals surface area contributed by atoms with Crippen LogP contribution in [0.4, 0.5) is 0 Å². The van der Waals surface area contributed by atoms with Crippen LogP contribution in [0.5, 0.6) is 0 Å². The minimum Gasteiger partial charge on any atom is -0.481 e. The summed E-state index contributed by atoms with van der Waals surface area (Å²) in [5.41, 5.74) is 10.3. The fraction of sp³-hybridized carbons (Fsp3) is 0.714. The Morgan fingerprint density at radius 3 is 2.58 bits per heavy atom. The van der Waals surface area contributed by atoms with Crippen LogP contribution in [-0.2, 0) is 4.79 Å². The van der Waals surface area contributed by atoms with Gasteiger partial charge in [0.05, 0.1) is 6.04 Å². The Bertz CT molecular complexity index is 175. The summed E-state index contributed by atoms with van der Waals surface area (Å²) in [7, 11) is 0. The van der Waals surface area contributed by atoms with E-state index in [9.17, 15) is 4.79 Å². The van der Waals surface area contributed by atoms with E-state index in [0.29, 0.717) is 12.8 Å². The summed E-state index contributed by atoms with van der Waals surface area (Å²) in [4.78, 5) is 14.0. The first-order valence-corrected chi connectivity index (χ1v) is 3.83. The van der Waals surface area contributed by atoms with Gasteiger partial charge in [0.1, 0.15) is 0 Å². The van der Waals surface area contributed by atoms with Crippen LogP contribution in [-0.4, -0.2) is 23.1 Å². The second kappa shape index (κ2) is 5.40. The summed E-state index contributed by atoms with van der Waals surface area (Å²) in [5, 5.41) is 8.32. The van der Waals surface area contributed by atoms with Crippen molar-refractivity contribution in [1.82, 2.24) is 0 Å². The zero-order valence-corrected chi connectivity index (χ0v) is 7.16. The highest BCUT2D eigenvalue weighted by molar-refractivity contribution is 5.75. The van der Waals surface area contributed by atoms with E-state index >= 15 is 0 Å². The van der Waals surface area contributed by atoms with Crippen molar-refractivity contribution in [1.29, 1.82) is 0 Å². The molecule has 0 saturated heterocycles. The fourth-order valence-electron chi connectivity index (χ4n) is 0.868. The number of hydrogen-bond donors (Lipinski definition) is 3. The maximum atomic E-state index is 10.1. The van der Waals surface area contributed by atoms with Gasteiger partial charge >= 0.3 is 5.97 Å². The molecule has 1 atom stereocenters. The molecule has 0 aromatic rings. The molecule has 0 fully saturated rings. The minimum atomic E-state index is -0.785. The molecule has 0 saturated carbocycles. The molecule has 0 bridgehead atoms. The summed E-state index contributed by atoms with van der Waals surface area (Å²) in [5.74, 6) is -0.732. The van der Waals surface area contributed by atoms with Crippen molar-refractivity contribution < 1.29 is 9.90 Å². The van der Waals surface area contributed by atoms with Crippen molar-refractivity contribution >= 4 is 11.9 Å². The second-order valence-electron chi connectivity index (χ2n) is 2.69. The standard InChI is InChI=1S/C7H15N3O2/c1-5(10-7(8)9)3-2-4-6(11)12/h5H,2-4H2,1H3,(H,11,12)(H4,8,9,10). The van der Waals surface area contributed by atoms with Crippen LogP contribution < -0.4 is 11.5 Å². The lowest BCUT2D eigenvalue weighted by atomic mass is 10.1. The van der Waals surface area contributed by atoms with Gasteiger partial charge in [-0.2, -0.15) is 0 Å². The number of carboxylic acids is 1. The maximum Gasteiger partial charge on any atom is 0.303 e. The highest BCUT2D eigenvalue weighted by Gasteiger charge is 2.01. The van der Waals surface area contributed by atoms with Crippen LogP contribution in [0.25, 0.3) is 0 Å². The maximum absolute atomic E-state index is 10.1. The number of guanidine groups is 1. The van der Waals surface area contributed by atoms with Crippen molar-refractivity contribution in [3.05, 3.63) is 0 Å². The summed E-state index contributed by atoms with van der Waals surface area (Å²) in [6.07, 6.45) is 1.47. The van der Waals surface area contributed by atoms with Gasteiger partial charge in [0.25, 0.3) is 0 Å². The number of rotatable bonds is 5. The first kappa shape index (κ1) is 10.7. The molecule has 0 radical (unpaired) electrons. The monoisotopic (exact) mass is 173 g/mol. The summed E-state index contributed by atoms with van der Waals surface area (Å²) in [6, 6.07) is 0.00866. The Hall–Kier alpha value is -1.26. The quantitative estimate of drug-likeness (QED) is 0.399. The third-order valence-corrected chi connectivity index (χ3v) is 1.38. The predicted molar refractivity (Wildman–Crippen MR) is 46.8 cm³/mol. The Kier molecular flexibility index (Phi) is 4.83. The molecule has 0 spiro atoms. The third-order valence-electron chi connectivity index (χ3n) is 1.38. The van der Waals surface area contributed by atoms with Crippen LogP contribution in [0.15, 0.2) is 4.99 Å². The van der Waals surface area contributed by atoms with Crippen LogP contribution in [0, 0.1) is 0 Å². The van der Waals surface area contributed by atoms with E-state index in [-0.39, 0.29) is 18.4 Å². The minimum absolute atomic E-state index is 0.00866. The summed E-state index contributed by atoms with van der Waals surface area (Å²) in [6.45, 7) is 1.85. The van der Waals surface area contributed by atoms with Crippen molar-refractivity contribution in [2.24, 2.45) is 16.5 Å². The molecule has 0 aliphatic carbocycles. The van der Waals surface area contributed by atoms with Gasteiger partial charge in [-0.1, -0.05) is 0 Å². The molecule has 0 aliphatic heterocycles. The van der Waals surface area contributed by atoms with Gasteiger partial charge in [-0.3, -0.25) is 9.79 Å². The first-order chi connectivity index (χ1) is 5.52. The molecule has 0 aromatic heterocycles. The second-order valence-corrected chi connectivity index (χ2v) is 2.69. The van der Waals surface area contributed by atoms with E-state index < -0.39 is 5.97 Å². The molecule has 0 aromatic carbocycles. The molecule has 0 heterocycles. The summed E-state index contributed by atoms with van der Waals surface area (Å²) >= 11 is 0. The molecule has 70 valence electrons. The third kappa shape index (κ3) is 6.85. The average molecular weight is 173 g/mol. The van der Waals surface area contributed by atoms with Gasteiger partial charge in [-0.25, -0.2) is 0 Å². The molecule has 12 heavy (non-hydrogen) atoms. The SMILES string of the molecule is CC(CCCC(=O)O)N=C(N)N. The van der Waals surface area contributed by atoms with E-state index in [4.69, 9.17) is 16.6 Å². The molecule has 5 N–H and O–H groups in total. The van der Waals surface area contributed by atoms with Crippen molar-refractivity contribution in [2.75, 3.05) is 0 Å². The smallest absolute Gasteiger partial charge is 0.303 e. The van der Waals surface area contributed by atoms with Crippen molar-refractivity contribution in [3.63, 3.8) is 0 Å². The Morgan fingerprint density at radius 2 is 2.17 bits per heavy atom. The molecule has 0 aliphatic rings. The predicted octanol–water partition coefficient (Wildman–Crippen LogP) is -0.0968. The van der Waals surface area contributed by atoms with Gasteiger partial charge in [0, 0.05) is 6.42 Å². The molecular weight excluding hydrogens is 158 g/mol. The van der Waals surface area contributed by atoms with E-state index in [0.717, 1.165) is 0 Å². The number of carbonyl (C=O) groups is 1. The number of hydrogen-bond acceptors (Lipinski definition) is 2. The fourth-order valence-corrected chi connectivity index (χ4v) is 0.868. The number of aliphatic carboxylic acids is 1. The van der Waals surface area contributed by atoms with Gasteiger partial charge in [0.2, 0.25) is 0 Å². The van der Waals surface area contributed by atoms with Crippen LogP contribution >= 0.6 is 0 Å². The first-order valence-electron chi connectivity index (χ1n) is 3.83. The van der Waals surface area contributed by atoms with Gasteiger partial charge in [-0.15, -0.1) is 0 Å². The Labute approximate surface area is 71.5 Å². The molecule has 1 unspecified atom stereocenters. The molecule has 0 amide bonds. The largest absolute Gasteiger partial charge is 0.481 e. The van der Waals surface area contributed by atoms with Gasteiger partial charge in [-0.05, 0) is 19.8 Å². The zero-order chi connectivity index (χ0) is 9.56. The van der Waals surface area contributed by atoms with Crippen LogP contribution in [0.2, 0.25) is 0 Å². The molecular formula is C7H15N3O2. The van der Waals surface area contributed by atoms with E-state index in [1.165, 1.54) is 0 Å². The van der Waals surface area contributed by atoms with Crippen LogP contribution in [0.3, 0.4) is 0 Å². The lowest BCUT2D eigenvalue weighted by molar-refractivity contribution is -0.137. The number of carboxylic acid groups (broad SMARTS) is 1. The Morgan fingerprint density at radius 1 is 1.58 bits per heavy atom. The zero-order valence-electron chi connectivity index (χ0n) is 7.16. The normalized spacial score (nSPS) is 12.1. The highest BCUT2D eigenvalue weighted by atomic mass is 16.4. The number of aliphatic imine (C=N–C) groups is 1. The van der Waals surface area contributed by atoms with Crippen molar-refractivity contribution in [2.45, 2.75) is 32.2 Å². The Balaban J connectivity index is 3.51. The summed E-state index contributed by atoms with van der Waals surface area (Å²) < 4.78 is 0. The van der Waals surface area contributed by atoms with E-state index in [1.807, 2.05) is 6.92 Å². The van der Waals surface area contributed by atoms with E-state index in [2.05, 4.69) is 4.99 Å². The van der Waals surface area contributed by atoms with Crippen LogP contribution in [0.1, 0.15) is 26.2 Å². The average Bonchev–Trinajstić information content (AvgIpc) is 1.84. The lowest BCUT2D eigenvalue weighted by Gasteiger charge is -2.04.